The summed E-state index contributed by atoms with van der Waals surface area (Å²) in [6.07, 6.45) is 0.812. The molecule has 0 bridgehead atoms. The lowest BCUT2D eigenvalue weighted by molar-refractivity contribution is -0.192. The van der Waals surface area contributed by atoms with Gasteiger partial charge in [-0.05, 0) is 82.6 Å². The summed E-state index contributed by atoms with van der Waals surface area (Å²) in [4.78, 5) is 45.5. The molecule has 0 saturated heterocycles. The molecule has 6 aromatic rings. The third-order valence-electron chi connectivity index (χ3n) is 10.5. The molecule has 386 valence electrons. The number of sulfone groups is 2. The molecule has 16 nitrogen and oxygen atoms in total. The molecule has 3 N–H and O–H groups in total. The van der Waals surface area contributed by atoms with Crippen LogP contribution in [0, 0.1) is 0 Å². The summed E-state index contributed by atoms with van der Waals surface area (Å²) < 4.78 is 97.4. The fraction of sp³-hybridized carbons (Fsp3) is 0.396. The summed E-state index contributed by atoms with van der Waals surface area (Å²) in [7, 11) is -8.71. The van der Waals surface area contributed by atoms with Gasteiger partial charge in [-0.15, -0.1) is 0 Å². The van der Waals surface area contributed by atoms with E-state index in [0.717, 1.165) is 39.9 Å². The first-order chi connectivity index (χ1) is 32.9. The molecule has 0 fully saturated rings. The number of carbonyl (C=O) groups is 1. The Morgan fingerprint density at radius 3 is 1.73 bits per heavy atom. The fourth-order valence-corrected chi connectivity index (χ4v) is 9.32. The van der Waals surface area contributed by atoms with E-state index in [1.165, 1.54) is 35.8 Å². The van der Waals surface area contributed by atoms with Crippen LogP contribution in [0.1, 0.15) is 11.1 Å². The molecule has 0 aliphatic heterocycles. The van der Waals surface area contributed by atoms with Crippen molar-refractivity contribution in [3.63, 3.8) is 0 Å². The van der Waals surface area contributed by atoms with E-state index in [1.807, 2.05) is 54.6 Å². The van der Waals surface area contributed by atoms with Gasteiger partial charge in [0.25, 0.3) is 11.1 Å². The molecule has 2 heterocycles. The van der Waals surface area contributed by atoms with Crippen molar-refractivity contribution in [2.45, 2.75) is 77.1 Å². The van der Waals surface area contributed by atoms with Gasteiger partial charge in [-0.3, -0.25) is 14.2 Å². The first kappa shape index (κ1) is 57.8. The molecule has 0 amide bonds. The summed E-state index contributed by atoms with van der Waals surface area (Å²) in [6.45, 7) is 15.1. The quantitative estimate of drug-likeness (QED) is 0.0395. The van der Waals surface area contributed by atoms with E-state index in [0.29, 0.717) is 48.3 Å². The van der Waals surface area contributed by atoms with Gasteiger partial charge >= 0.3 is 12.1 Å². The summed E-state index contributed by atoms with van der Waals surface area (Å²) in [6, 6.07) is 23.8. The molecular weight excluding hydrogens is 1000 g/mol. The minimum absolute atomic E-state index is 0.0334. The van der Waals surface area contributed by atoms with Crippen molar-refractivity contribution < 1.29 is 59.2 Å². The summed E-state index contributed by atoms with van der Waals surface area (Å²) in [5, 5.41) is 18.0. The maximum atomic E-state index is 13.6. The SMILES string of the molecule is CS(=O)(=O)CCc1ccccc1-c1cc(O)c2nc[nH]c(=O)c2c1.C[Si](C)(C)CCOCOc1cc(-c2ccccc2CCS(C)(=O)=O)cc2c(=O)n(COCC[Si](C)(C)C)cnc12.O=C(O)C(F)(F)F. The molecule has 71 heavy (non-hydrogen) atoms. The number of rotatable bonds is 19. The zero-order chi connectivity index (χ0) is 53.0. The number of aromatic nitrogens is 4. The topological polar surface area (TPSA) is 234 Å². The average Bonchev–Trinajstić information content (AvgIpc) is 3.26. The van der Waals surface area contributed by atoms with Gasteiger partial charge in [0, 0.05) is 41.9 Å². The summed E-state index contributed by atoms with van der Waals surface area (Å²) >= 11 is 0. The number of aryl methyl sites for hydroxylation is 2. The second kappa shape index (κ2) is 24.6. The number of alkyl halides is 3. The van der Waals surface area contributed by atoms with Crippen LogP contribution < -0.4 is 15.9 Å². The number of nitrogens with one attached hydrogen (secondary N) is 1. The van der Waals surface area contributed by atoms with Crippen LogP contribution in [0.5, 0.6) is 11.5 Å². The monoisotopic (exact) mass is 1060 g/mol. The summed E-state index contributed by atoms with van der Waals surface area (Å²) in [5.41, 5.74) is 4.85. The number of ether oxygens (including phenoxy) is 3. The highest BCUT2D eigenvalue weighted by Crippen LogP contribution is 2.34. The molecule has 0 spiro atoms. The maximum Gasteiger partial charge on any atom is 0.490 e. The highest BCUT2D eigenvalue weighted by molar-refractivity contribution is 7.90. The third-order valence-corrected chi connectivity index (χ3v) is 15.8. The predicted molar refractivity (Wildman–Crippen MR) is 275 cm³/mol. The second-order valence-electron chi connectivity index (χ2n) is 19.2. The molecule has 2 aromatic heterocycles. The van der Waals surface area contributed by atoms with Crippen LogP contribution in [0.3, 0.4) is 0 Å². The number of halogens is 3. The number of phenols is 1. The normalized spacial score (nSPS) is 12.2. The van der Waals surface area contributed by atoms with Gasteiger partial charge in [-0.1, -0.05) is 87.8 Å². The number of aromatic amines is 1. The third kappa shape index (κ3) is 19.1. The number of nitrogens with zero attached hydrogens (tertiary/aromatic N) is 3. The molecule has 0 aliphatic rings. The smallest absolute Gasteiger partial charge is 0.490 e. The number of H-pyrrole nitrogens is 1. The largest absolute Gasteiger partial charge is 0.506 e. The van der Waals surface area contributed by atoms with Crippen molar-refractivity contribution >= 4 is 63.6 Å². The molecule has 23 heteroatoms. The molecule has 4 aromatic carbocycles. The Balaban J connectivity index is 0.000000296. The number of benzene rings is 4. The van der Waals surface area contributed by atoms with Crippen molar-refractivity contribution in [2.75, 3.05) is 44.0 Å². The molecule has 0 radical (unpaired) electrons. The lowest BCUT2D eigenvalue weighted by Gasteiger charge is -2.17. The number of hydrogen-bond acceptors (Lipinski definition) is 13. The summed E-state index contributed by atoms with van der Waals surface area (Å²) in [5.74, 6) is -2.33. The Kier molecular flexibility index (Phi) is 20.0. The van der Waals surface area contributed by atoms with E-state index in [9.17, 15) is 44.7 Å². The lowest BCUT2D eigenvalue weighted by atomic mass is 9.96. The predicted octanol–water partition coefficient (Wildman–Crippen LogP) is 8.17. The van der Waals surface area contributed by atoms with Gasteiger partial charge in [-0.2, -0.15) is 13.2 Å². The van der Waals surface area contributed by atoms with E-state index >= 15 is 0 Å². The Morgan fingerprint density at radius 1 is 0.732 bits per heavy atom. The minimum atomic E-state index is -5.08. The van der Waals surface area contributed by atoms with E-state index in [2.05, 4.69) is 54.2 Å². The number of hydrogen-bond donors (Lipinski definition) is 3. The molecule has 0 saturated carbocycles. The number of phenolic OH excluding ortho intramolecular Hbond substituents is 1. The zero-order valence-electron chi connectivity index (χ0n) is 40.9. The van der Waals surface area contributed by atoms with Crippen LogP contribution in [0.15, 0.2) is 95.0 Å². The van der Waals surface area contributed by atoms with Crippen molar-refractivity contribution in [3.8, 4) is 33.8 Å². The molecule has 0 unspecified atom stereocenters. The Morgan fingerprint density at radius 2 is 1.23 bits per heavy atom. The number of carboxylic acids is 1. The van der Waals surface area contributed by atoms with Gasteiger partial charge in [0.2, 0.25) is 0 Å². The van der Waals surface area contributed by atoms with Crippen LogP contribution in [0.2, 0.25) is 51.4 Å². The van der Waals surface area contributed by atoms with Crippen LogP contribution in [0.25, 0.3) is 44.1 Å². The first-order valence-corrected chi connectivity index (χ1v) is 33.8. The highest BCUT2D eigenvalue weighted by Gasteiger charge is 2.38. The van der Waals surface area contributed by atoms with Crippen molar-refractivity contribution in [1.29, 1.82) is 0 Å². The van der Waals surface area contributed by atoms with E-state index < -0.39 is 48.0 Å². The molecule has 0 aliphatic carbocycles. The van der Waals surface area contributed by atoms with Crippen molar-refractivity contribution in [3.05, 3.63) is 117 Å². The average molecular weight is 1060 g/mol. The standard InChI is InChI=1S/C29H44N2O6SSi2.C17H16N2O4S.C2HF3O2/c1-38(33,34)15-12-23-10-8-9-11-25(23)24-18-26-28(27(19-24)37-22-36-14-17-40(5,6)7)30-20-31(29(26)32)21-35-13-16-39(2,3)4;1-24(22,23)7-6-11-4-2-3-5-13(11)12-8-14-16(15(20)9-12)18-10-19-17(14)21;3-2(4,5)1(6)7/h8-11,18-20H,12-17,21-22H2,1-7H3;2-5,8-10,20H,6-7H2,1H3,(H,18,19,21);(H,6,7). The van der Waals surface area contributed by atoms with Gasteiger partial charge < -0.3 is 29.4 Å². The van der Waals surface area contributed by atoms with E-state index in [4.69, 9.17) is 24.1 Å². The first-order valence-electron chi connectivity index (χ1n) is 22.3. The maximum absolute atomic E-state index is 13.6. The fourth-order valence-electron chi connectivity index (χ4n) is 6.63. The van der Waals surface area contributed by atoms with E-state index in [1.54, 1.807) is 12.1 Å². The Bertz CT molecular complexity index is 3160. The highest BCUT2D eigenvalue weighted by atomic mass is 32.2. The van der Waals surface area contributed by atoms with E-state index in [-0.39, 0.29) is 52.8 Å². The number of aromatic hydroxyl groups is 1. The molecule has 6 rings (SSSR count). The number of aliphatic carboxylic acids is 1. The van der Waals surface area contributed by atoms with Gasteiger partial charge in [0.1, 0.15) is 55.3 Å². The van der Waals surface area contributed by atoms with Crippen LogP contribution in [0.4, 0.5) is 13.2 Å². The van der Waals surface area contributed by atoms with Gasteiger partial charge in [0.15, 0.2) is 6.79 Å². The van der Waals surface area contributed by atoms with Crippen molar-refractivity contribution in [2.24, 2.45) is 0 Å². The molecular formula is C48H61F3N4O12S2Si2. The second-order valence-corrected chi connectivity index (χ2v) is 35.0. The van der Waals surface area contributed by atoms with Gasteiger partial charge in [0.05, 0.1) is 28.6 Å². The number of carboxylic acid groups (broad SMARTS) is 1. The van der Waals surface area contributed by atoms with Crippen LogP contribution in [-0.4, -0.2) is 119 Å². The van der Waals surface area contributed by atoms with Crippen LogP contribution in [-0.2, 0) is 53.5 Å². The number of fused-ring (bicyclic) bond motifs is 2. The lowest BCUT2D eigenvalue weighted by Crippen LogP contribution is -2.25. The van der Waals surface area contributed by atoms with Crippen LogP contribution >= 0.6 is 0 Å². The van der Waals surface area contributed by atoms with Crippen molar-refractivity contribution in [1.82, 2.24) is 19.5 Å². The van der Waals surface area contributed by atoms with Gasteiger partial charge in [-0.25, -0.2) is 31.6 Å². The molecule has 0 atom stereocenters. The zero-order valence-corrected chi connectivity index (χ0v) is 44.6. The minimum Gasteiger partial charge on any atom is -0.506 e. The Labute approximate surface area is 412 Å². The Hall–Kier alpha value is -5.73.